The fourth-order valence-electron chi connectivity index (χ4n) is 3.96. The summed E-state index contributed by atoms with van der Waals surface area (Å²) in [6.07, 6.45) is 3.12. The van der Waals surface area contributed by atoms with Crippen LogP contribution in [0.25, 0.3) is 0 Å². The van der Waals surface area contributed by atoms with E-state index in [-0.39, 0.29) is 23.2 Å². The monoisotopic (exact) mass is 377 g/mol. The first-order valence-electron chi connectivity index (χ1n) is 9.35. The zero-order valence-corrected chi connectivity index (χ0v) is 17.7. The van der Waals surface area contributed by atoms with Crippen molar-refractivity contribution in [3.8, 4) is 0 Å². The Morgan fingerprint density at radius 2 is 1.73 bits per heavy atom. The first-order chi connectivity index (χ1) is 11.9. The molecule has 0 aliphatic heterocycles. The largest absolute Gasteiger partial charge is 0.459 e. The Morgan fingerprint density at radius 1 is 1.15 bits per heavy atom. The van der Waals surface area contributed by atoms with Gasteiger partial charge in [-0.2, -0.15) is 0 Å². The number of ether oxygens (including phenoxy) is 1. The first-order valence-corrected chi connectivity index (χ1v) is 12.9. The third-order valence-corrected chi connectivity index (χ3v) is 8.59. The van der Waals surface area contributed by atoms with Gasteiger partial charge in [0.2, 0.25) is 0 Å². The van der Waals surface area contributed by atoms with Crippen molar-refractivity contribution in [1.29, 1.82) is 0 Å². The second-order valence-corrected chi connectivity index (χ2v) is 15.1. The minimum absolute atomic E-state index is 0.0213. The zero-order valence-electron chi connectivity index (χ0n) is 16.7. The van der Waals surface area contributed by atoms with Gasteiger partial charge in [0.15, 0.2) is 0 Å². The number of rotatable bonds is 4. The molecule has 2 rings (SSSR count). The van der Waals surface area contributed by atoms with Crippen molar-refractivity contribution in [2.24, 2.45) is 11.3 Å². The lowest BCUT2D eigenvalue weighted by molar-refractivity contribution is -0.384. The van der Waals surface area contributed by atoms with Gasteiger partial charge in [0.05, 0.1) is 18.6 Å². The molecule has 0 spiro atoms. The molecule has 144 valence electrons. The fourth-order valence-corrected chi connectivity index (χ4v) is 6.31. The van der Waals surface area contributed by atoms with E-state index < -0.39 is 13.0 Å². The predicted octanol–water partition coefficient (Wildman–Crippen LogP) is 5.67. The summed E-state index contributed by atoms with van der Waals surface area (Å²) in [6.45, 7) is 13.8. The van der Waals surface area contributed by atoms with Crippen molar-refractivity contribution in [3.63, 3.8) is 0 Å². The molecule has 6 heteroatoms. The molecular formula is C20H31NO4Si. The molecule has 0 radical (unpaired) electrons. The topological polar surface area (TPSA) is 69.4 Å². The van der Waals surface area contributed by atoms with E-state index in [9.17, 15) is 14.9 Å². The summed E-state index contributed by atoms with van der Waals surface area (Å²) in [4.78, 5) is 23.0. The van der Waals surface area contributed by atoms with E-state index in [4.69, 9.17) is 4.74 Å². The number of esters is 1. The van der Waals surface area contributed by atoms with Crippen molar-refractivity contribution in [2.45, 2.75) is 71.3 Å². The van der Waals surface area contributed by atoms with Gasteiger partial charge in [-0.3, -0.25) is 10.1 Å². The van der Waals surface area contributed by atoms with Gasteiger partial charge in [0.25, 0.3) is 5.69 Å². The number of nitro benzene ring substituents is 1. The molecule has 0 unspecified atom stereocenters. The van der Waals surface area contributed by atoms with Gasteiger partial charge < -0.3 is 4.74 Å². The Labute approximate surface area is 157 Å². The molecule has 0 amide bonds. The number of carbonyl (C=O) groups is 1. The maximum Gasteiger partial charge on any atom is 0.338 e. The Hall–Kier alpha value is -1.69. The van der Waals surface area contributed by atoms with Gasteiger partial charge in [-0.25, -0.2) is 4.79 Å². The number of carbonyl (C=O) groups excluding carboxylic acids is 1. The van der Waals surface area contributed by atoms with Gasteiger partial charge in [0, 0.05) is 12.1 Å². The van der Waals surface area contributed by atoms with Crippen molar-refractivity contribution < 1.29 is 14.5 Å². The quantitative estimate of drug-likeness (QED) is 0.293. The molecule has 0 aromatic heterocycles. The molecule has 1 saturated carbocycles. The van der Waals surface area contributed by atoms with E-state index in [0.717, 1.165) is 12.8 Å². The van der Waals surface area contributed by atoms with Crippen molar-refractivity contribution in [1.82, 2.24) is 0 Å². The Kier molecular flexibility index (Phi) is 5.95. The molecule has 5 nitrogen and oxygen atoms in total. The van der Waals surface area contributed by atoms with Crippen LogP contribution < -0.4 is 0 Å². The number of nitro groups is 1. The highest BCUT2D eigenvalue weighted by molar-refractivity contribution is 6.77. The highest BCUT2D eigenvalue weighted by Gasteiger charge is 2.43. The Bertz CT molecular complexity index is 658. The second-order valence-electron chi connectivity index (χ2n) is 9.60. The fraction of sp³-hybridized carbons (Fsp3) is 0.650. The normalized spacial score (nSPS) is 24.2. The predicted molar refractivity (Wildman–Crippen MR) is 106 cm³/mol. The Balaban J connectivity index is 2.18. The summed E-state index contributed by atoms with van der Waals surface area (Å²) in [5.41, 5.74) is 1.00. The lowest BCUT2D eigenvalue weighted by Crippen LogP contribution is -2.44. The summed E-state index contributed by atoms with van der Waals surface area (Å²) in [6, 6.07) is 5.67. The van der Waals surface area contributed by atoms with Crippen LogP contribution in [0.5, 0.6) is 0 Å². The van der Waals surface area contributed by atoms with Gasteiger partial charge in [0.1, 0.15) is 6.10 Å². The molecular weight excluding hydrogens is 346 g/mol. The molecule has 1 aromatic carbocycles. The molecule has 1 aliphatic rings. The van der Waals surface area contributed by atoms with Gasteiger partial charge in [-0.05, 0) is 48.3 Å². The maximum atomic E-state index is 12.6. The van der Waals surface area contributed by atoms with Crippen LogP contribution in [-0.4, -0.2) is 25.1 Å². The highest BCUT2D eigenvalue weighted by atomic mass is 28.3. The van der Waals surface area contributed by atoms with Crippen molar-refractivity contribution in [2.75, 3.05) is 0 Å². The number of hydrogen-bond acceptors (Lipinski definition) is 4. The van der Waals surface area contributed by atoms with E-state index in [1.807, 2.05) is 0 Å². The second kappa shape index (κ2) is 7.51. The summed E-state index contributed by atoms with van der Waals surface area (Å²) >= 11 is 0. The lowest BCUT2D eigenvalue weighted by Gasteiger charge is -2.45. The average molecular weight is 378 g/mol. The zero-order chi connectivity index (χ0) is 19.7. The van der Waals surface area contributed by atoms with E-state index in [0.29, 0.717) is 17.0 Å². The molecule has 3 atom stereocenters. The van der Waals surface area contributed by atoms with Crippen LogP contribution in [0, 0.1) is 21.4 Å². The molecule has 1 aliphatic carbocycles. The lowest BCUT2D eigenvalue weighted by atomic mass is 9.71. The third-order valence-electron chi connectivity index (χ3n) is 5.70. The summed E-state index contributed by atoms with van der Waals surface area (Å²) in [5.74, 6) is 0.160. The molecule has 0 N–H and O–H groups in total. The standard InChI is InChI=1S/C20H31NO4Si/c1-20(2,3)15-9-12-18(26(4,5)6)17(13-15)25-19(22)14-7-10-16(11-8-14)21(23)24/h7-8,10-11,15,17-18H,9,12-13H2,1-6H3/t15-,17-,18+/m0/s1. The van der Waals surface area contributed by atoms with Crippen LogP contribution >= 0.6 is 0 Å². The highest BCUT2D eigenvalue weighted by Crippen LogP contribution is 2.46. The molecule has 0 heterocycles. The van der Waals surface area contributed by atoms with Crippen LogP contribution in [0.2, 0.25) is 25.2 Å². The van der Waals surface area contributed by atoms with Crippen LogP contribution in [0.3, 0.4) is 0 Å². The summed E-state index contributed by atoms with van der Waals surface area (Å²) < 4.78 is 5.97. The van der Waals surface area contributed by atoms with Gasteiger partial charge in [-0.15, -0.1) is 0 Å². The van der Waals surface area contributed by atoms with Crippen LogP contribution in [0.15, 0.2) is 24.3 Å². The molecule has 0 bridgehead atoms. The van der Waals surface area contributed by atoms with Crippen LogP contribution in [0.1, 0.15) is 50.4 Å². The van der Waals surface area contributed by atoms with Gasteiger partial charge in [-0.1, -0.05) is 40.4 Å². The van der Waals surface area contributed by atoms with Crippen molar-refractivity contribution in [3.05, 3.63) is 39.9 Å². The molecule has 1 fully saturated rings. The van der Waals surface area contributed by atoms with Crippen molar-refractivity contribution >= 4 is 19.7 Å². The van der Waals surface area contributed by atoms with Crippen LogP contribution in [0.4, 0.5) is 5.69 Å². The first kappa shape index (κ1) is 20.6. The molecule has 1 aromatic rings. The summed E-state index contributed by atoms with van der Waals surface area (Å²) in [5, 5.41) is 10.8. The molecule has 26 heavy (non-hydrogen) atoms. The Morgan fingerprint density at radius 3 is 2.19 bits per heavy atom. The van der Waals surface area contributed by atoms with E-state index in [1.54, 1.807) is 0 Å². The van der Waals surface area contributed by atoms with E-state index >= 15 is 0 Å². The smallest absolute Gasteiger partial charge is 0.338 e. The number of benzene rings is 1. The van der Waals surface area contributed by atoms with E-state index in [2.05, 4.69) is 40.4 Å². The minimum atomic E-state index is -1.47. The number of non-ortho nitro benzene ring substituents is 1. The number of hydrogen-bond donors (Lipinski definition) is 0. The molecule has 0 saturated heterocycles. The number of nitrogens with zero attached hydrogens (tertiary/aromatic N) is 1. The average Bonchev–Trinajstić information content (AvgIpc) is 2.53. The van der Waals surface area contributed by atoms with E-state index in [1.165, 1.54) is 30.7 Å². The SMILES string of the molecule is CC(C)(C)[C@H]1CC[C@@H]([Si](C)(C)C)[C@@H](OC(=O)c2ccc([N+](=O)[O-])cc2)C1. The minimum Gasteiger partial charge on any atom is -0.459 e. The maximum absolute atomic E-state index is 12.6. The summed E-state index contributed by atoms with van der Waals surface area (Å²) in [7, 11) is -1.47. The third kappa shape index (κ3) is 4.93. The van der Waals surface area contributed by atoms with Gasteiger partial charge >= 0.3 is 5.97 Å². The van der Waals surface area contributed by atoms with Crippen LogP contribution in [-0.2, 0) is 4.74 Å².